The summed E-state index contributed by atoms with van der Waals surface area (Å²) in [5, 5.41) is 2.75. The van der Waals surface area contributed by atoms with E-state index in [1.165, 1.54) is 0 Å². The summed E-state index contributed by atoms with van der Waals surface area (Å²) in [6.07, 6.45) is 1.19. The monoisotopic (exact) mass is 462 g/mol. The van der Waals surface area contributed by atoms with Crippen LogP contribution in [0.25, 0.3) is 0 Å². The number of allylic oxidation sites excluding steroid dienone is 1. The Balaban J connectivity index is 1.26. The number of amides is 3. The molecule has 2 fully saturated rings. The molecule has 0 aromatic heterocycles. The van der Waals surface area contributed by atoms with Gasteiger partial charge in [0.1, 0.15) is 25.0 Å². The predicted molar refractivity (Wildman–Crippen MR) is 124 cm³/mol. The third-order valence-electron chi connectivity index (χ3n) is 6.43. The second-order valence-electron chi connectivity index (χ2n) is 8.74. The summed E-state index contributed by atoms with van der Waals surface area (Å²) in [6, 6.07) is 10.6. The molecule has 1 atom stereocenters. The van der Waals surface area contributed by atoms with Gasteiger partial charge in [-0.05, 0) is 36.1 Å². The fraction of sp³-hybridized carbons (Fsp3) is 0.346. The molecular weight excluding hydrogens is 434 g/mol. The van der Waals surface area contributed by atoms with Crippen molar-refractivity contribution in [3.8, 4) is 5.75 Å². The van der Waals surface area contributed by atoms with Gasteiger partial charge < -0.3 is 24.6 Å². The summed E-state index contributed by atoms with van der Waals surface area (Å²) in [4.78, 5) is 40.7. The molecule has 3 heterocycles. The molecule has 3 aliphatic rings. The number of benzene rings is 2. The third kappa shape index (κ3) is 4.41. The van der Waals surface area contributed by atoms with Gasteiger partial charge in [-0.1, -0.05) is 36.9 Å². The standard InChI is InChI=1S/C26H27N3O5/c1-17-5-10-22(25(31)27-17)29-14-21-20(26(29)32)3-2-4-23(21)34-15-19-8-6-18(7-9-19)13-28-11-12-33-16-24(28)30/h2-4,6-9,22H,1,5,10-16H2,(H,27,31)/i6D. The van der Waals surface area contributed by atoms with Gasteiger partial charge in [0, 0.05) is 29.9 Å². The Labute approximate surface area is 199 Å². The van der Waals surface area contributed by atoms with Crippen molar-refractivity contribution < 1.29 is 25.2 Å². The summed E-state index contributed by atoms with van der Waals surface area (Å²) in [5.41, 5.74) is 3.57. The van der Waals surface area contributed by atoms with Gasteiger partial charge in [-0.3, -0.25) is 14.4 Å². The van der Waals surface area contributed by atoms with Crippen LogP contribution in [0.3, 0.4) is 0 Å². The molecule has 3 amide bonds. The molecule has 2 saturated heterocycles. The molecule has 0 spiro atoms. The normalized spacial score (nSPS) is 20.8. The average molecular weight is 463 g/mol. The van der Waals surface area contributed by atoms with E-state index in [0.717, 1.165) is 16.7 Å². The van der Waals surface area contributed by atoms with Gasteiger partial charge in [-0.15, -0.1) is 0 Å². The maximum absolute atomic E-state index is 13.0. The van der Waals surface area contributed by atoms with Crippen LogP contribution >= 0.6 is 0 Å². The van der Waals surface area contributed by atoms with E-state index >= 15 is 0 Å². The number of hydrogen-bond donors (Lipinski definition) is 1. The number of nitrogens with one attached hydrogen (secondary N) is 1. The van der Waals surface area contributed by atoms with E-state index in [1.54, 1.807) is 28.0 Å². The highest BCUT2D eigenvalue weighted by molar-refractivity contribution is 6.02. The molecule has 0 radical (unpaired) electrons. The summed E-state index contributed by atoms with van der Waals surface area (Å²) >= 11 is 0. The maximum atomic E-state index is 13.0. The third-order valence-corrected chi connectivity index (χ3v) is 6.43. The van der Waals surface area contributed by atoms with Gasteiger partial charge in [0.2, 0.25) is 11.8 Å². The Morgan fingerprint density at radius 2 is 2.03 bits per heavy atom. The predicted octanol–water partition coefficient (Wildman–Crippen LogP) is 2.37. The summed E-state index contributed by atoms with van der Waals surface area (Å²) in [5.74, 6) is 0.147. The molecule has 2 aromatic rings. The number of nitrogens with zero attached hydrogens (tertiary/aromatic N) is 2. The number of morpholine rings is 1. The molecule has 0 saturated carbocycles. The molecular formula is C26H27N3O5. The van der Waals surface area contributed by atoms with Gasteiger partial charge in [0.15, 0.2) is 0 Å². The number of carbonyl (C=O) groups excluding carboxylic acids is 3. The molecule has 5 rings (SSSR count). The topological polar surface area (TPSA) is 88.2 Å². The zero-order chi connectivity index (χ0) is 24.5. The number of piperidine rings is 1. The summed E-state index contributed by atoms with van der Waals surface area (Å²) in [7, 11) is 0. The molecule has 1 unspecified atom stereocenters. The Morgan fingerprint density at radius 3 is 2.82 bits per heavy atom. The molecule has 8 heteroatoms. The number of ether oxygens (including phenoxy) is 2. The SMILES string of the molecule is [2H]c1cc(COc2cccc3c2CN(C2CCC(=C)NC2=O)C3=O)ccc1CN1CCOCC1=O. The molecule has 3 aliphatic heterocycles. The van der Waals surface area contributed by atoms with E-state index in [9.17, 15) is 14.4 Å². The highest BCUT2D eigenvalue weighted by Gasteiger charge is 2.39. The lowest BCUT2D eigenvalue weighted by Gasteiger charge is -2.31. The molecule has 34 heavy (non-hydrogen) atoms. The van der Waals surface area contributed by atoms with Gasteiger partial charge >= 0.3 is 0 Å². The second kappa shape index (κ2) is 9.30. The van der Waals surface area contributed by atoms with Crippen LogP contribution < -0.4 is 10.1 Å². The van der Waals surface area contributed by atoms with Crippen LogP contribution in [0, 0.1) is 0 Å². The number of rotatable bonds is 6. The van der Waals surface area contributed by atoms with Crippen molar-refractivity contribution in [3.05, 3.63) is 77.0 Å². The van der Waals surface area contributed by atoms with E-state index in [4.69, 9.17) is 10.8 Å². The van der Waals surface area contributed by atoms with Crippen molar-refractivity contribution in [2.75, 3.05) is 19.8 Å². The van der Waals surface area contributed by atoms with Crippen molar-refractivity contribution in [2.24, 2.45) is 0 Å². The van der Waals surface area contributed by atoms with Crippen LogP contribution in [0.2, 0.25) is 0 Å². The smallest absolute Gasteiger partial charge is 0.255 e. The Hall–Kier alpha value is -3.65. The molecule has 1 N–H and O–H groups in total. The number of hydrogen-bond acceptors (Lipinski definition) is 5. The van der Waals surface area contributed by atoms with E-state index in [2.05, 4.69) is 11.9 Å². The van der Waals surface area contributed by atoms with Crippen LogP contribution in [-0.4, -0.2) is 53.3 Å². The zero-order valence-corrected chi connectivity index (χ0v) is 18.8. The van der Waals surface area contributed by atoms with Gasteiger partial charge in [0.05, 0.1) is 14.5 Å². The van der Waals surface area contributed by atoms with Crippen LogP contribution in [0.5, 0.6) is 5.75 Å². The van der Waals surface area contributed by atoms with Gasteiger partial charge in [-0.2, -0.15) is 0 Å². The van der Waals surface area contributed by atoms with Crippen LogP contribution in [0.4, 0.5) is 0 Å². The van der Waals surface area contributed by atoms with E-state index in [-0.39, 0.29) is 30.9 Å². The van der Waals surface area contributed by atoms with Gasteiger partial charge in [-0.25, -0.2) is 0 Å². The van der Waals surface area contributed by atoms with E-state index in [0.29, 0.717) is 62.1 Å². The first-order chi connectivity index (χ1) is 16.9. The first kappa shape index (κ1) is 20.9. The lowest BCUT2D eigenvalue weighted by atomic mass is 10.0. The molecule has 176 valence electrons. The van der Waals surface area contributed by atoms with Gasteiger partial charge in [0.25, 0.3) is 5.91 Å². The highest BCUT2D eigenvalue weighted by Crippen LogP contribution is 2.34. The van der Waals surface area contributed by atoms with E-state index in [1.807, 2.05) is 18.2 Å². The minimum atomic E-state index is -0.523. The number of fused-ring (bicyclic) bond motifs is 1. The van der Waals surface area contributed by atoms with Crippen molar-refractivity contribution in [3.63, 3.8) is 0 Å². The van der Waals surface area contributed by atoms with E-state index < -0.39 is 6.04 Å². The van der Waals surface area contributed by atoms with Crippen molar-refractivity contribution in [1.29, 1.82) is 0 Å². The first-order valence-corrected chi connectivity index (χ1v) is 11.4. The van der Waals surface area contributed by atoms with Crippen molar-refractivity contribution >= 4 is 17.7 Å². The fourth-order valence-electron chi connectivity index (χ4n) is 4.53. The Morgan fingerprint density at radius 1 is 1.18 bits per heavy atom. The quantitative estimate of drug-likeness (QED) is 0.712. The minimum Gasteiger partial charge on any atom is -0.489 e. The summed E-state index contributed by atoms with van der Waals surface area (Å²) in [6.45, 7) is 5.85. The second-order valence-corrected chi connectivity index (χ2v) is 8.74. The highest BCUT2D eigenvalue weighted by atomic mass is 16.5. The van der Waals surface area contributed by atoms with Crippen LogP contribution in [0.15, 0.2) is 54.7 Å². The zero-order valence-electron chi connectivity index (χ0n) is 19.8. The fourth-order valence-corrected chi connectivity index (χ4v) is 4.53. The van der Waals surface area contributed by atoms with Crippen LogP contribution in [0.1, 0.15) is 41.3 Å². The molecule has 0 aliphatic carbocycles. The van der Waals surface area contributed by atoms with Crippen molar-refractivity contribution in [1.82, 2.24) is 15.1 Å². The first-order valence-electron chi connectivity index (χ1n) is 11.9. The minimum absolute atomic E-state index is 0.0692. The summed E-state index contributed by atoms with van der Waals surface area (Å²) < 4.78 is 19.6. The number of carbonyl (C=O) groups is 3. The molecule has 2 aromatic carbocycles. The van der Waals surface area contributed by atoms with Crippen molar-refractivity contribution in [2.45, 2.75) is 38.6 Å². The lowest BCUT2D eigenvalue weighted by molar-refractivity contribution is -0.143. The Kier molecular flexibility index (Phi) is 5.73. The largest absolute Gasteiger partial charge is 0.489 e. The lowest BCUT2D eigenvalue weighted by Crippen LogP contribution is -2.49. The van der Waals surface area contributed by atoms with Crippen LogP contribution in [-0.2, 0) is 34.0 Å². The molecule has 0 bridgehead atoms. The Bertz CT molecular complexity index is 1210. The molecule has 8 nitrogen and oxygen atoms in total. The maximum Gasteiger partial charge on any atom is 0.255 e. The average Bonchev–Trinajstić information content (AvgIpc) is 3.17.